The van der Waals surface area contributed by atoms with Crippen LogP contribution in [0.1, 0.15) is 16.8 Å². The lowest BCUT2D eigenvalue weighted by molar-refractivity contribution is 1.25. The van der Waals surface area contributed by atoms with Crippen molar-refractivity contribution in [1.29, 1.82) is 0 Å². The van der Waals surface area contributed by atoms with E-state index in [2.05, 4.69) is 90.8 Å². The van der Waals surface area contributed by atoms with Gasteiger partial charge < -0.3 is 4.98 Å². The predicted octanol–water partition coefficient (Wildman–Crippen LogP) is 6.58. The van der Waals surface area contributed by atoms with Crippen molar-refractivity contribution in [3.05, 3.63) is 95.7 Å². The maximum absolute atomic E-state index is 3.65. The summed E-state index contributed by atoms with van der Waals surface area (Å²) in [5.74, 6) is 2.01. The summed E-state index contributed by atoms with van der Waals surface area (Å²) < 4.78 is 0. The summed E-state index contributed by atoms with van der Waals surface area (Å²) in [6.07, 6.45) is 0. The molecule has 0 amide bonds. The van der Waals surface area contributed by atoms with Crippen LogP contribution in [0.5, 0.6) is 0 Å². The van der Waals surface area contributed by atoms with Crippen LogP contribution in [0.3, 0.4) is 0 Å². The van der Waals surface area contributed by atoms with Gasteiger partial charge in [0, 0.05) is 33.7 Å². The van der Waals surface area contributed by atoms with Gasteiger partial charge in [-0.1, -0.05) is 78.4 Å². The first-order valence-electron chi connectivity index (χ1n) is 8.59. The van der Waals surface area contributed by atoms with E-state index in [1.165, 1.54) is 38.9 Å². The van der Waals surface area contributed by atoms with Crippen molar-refractivity contribution in [3.8, 4) is 11.1 Å². The molecule has 0 bridgehead atoms. The minimum absolute atomic E-state index is 0.979. The van der Waals surface area contributed by atoms with E-state index in [4.69, 9.17) is 0 Å². The van der Waals surface area contributed by atoms with Crippen LogP contribution in [-0.4, -0.2) is 4.98 Å². The zero-order valence-corrected chi connectivity index (χ0v) is 15.1. The third-order valence-corrected chi connectivity index (χ3v) is 5.48. The molecule has 0 atom stereocenters. The Bertz CT molecular complexity index is 985. The van der Waals surface area contributed by atoms with E-state index in [9.17, 15) is 0 Å². The maximum Gasteiger partial charge on any atom is 0.0462 e. The number of aromatic amines is 1. The van der Waals surface area contributed by atoms with Crippen LogP contribution in [0.25, 0.3) is 22.0 Å². The van der Waals surface area contributed by atoms with Gasteiger partial charge in [-0.2, -0.15) is 11.8 Å². The lowest BCUT2D eigenvalue weighted by Gasteiger charge is -2.07. The Hall–Kier alpha value is -2.45. The molecule has 2 heteroatoms. The van der Waals surface area contributed by atoms with Crippen molar-refractivity contribution in [3.63, 3.8) is 0 Å². The molecule has 0 spiro atoms. The lowest BCUT2D eigenvalue weighted by atomic mass is 10.0. The lowest BCUT2D eigenvalue weighted by Crippen LogP contribution is -1.88. The predicted molar refractivity (Wildman–Crippen MR) is 110 cm³/mol. The molecule has 4 aromatic rings. The van der Waals surface area contributed by atoms with Crippen molar-refractivity contribution in [2.24, 2.45) is 0 Å². The number of thioether (sulfide) groups is 1. The molecular formula is C23H21NS. The van der Waals surface area contributed by atoms with Crippen LogP contribution in [0.4, 0.5) is 0 Å². The monoisotopic (exact) mass is 343 g/mol. The number of hydrogen-bond acceptors (Lipinski definition) is 1. The number of nitrogens with one attached hydrogen (secondary N) is 1. The smallest absolute Gasteiger partial charge is 0.0462 e. The van der Waals surface area contributed by atoms with E-state index in [0.717, 1.165) is 11.5 Å². The van der Waals surface area contributed by atoms with Crippen molar-refractivity contribution in [2.75, 3.05) is 0 Å². The summed E-state index contributed by atoms with van der Waals surface area (Å²) in [5.41, 5.74) is 7.85. The molecule has 0 aliphatic heterocycles. The molecule has 0 unspecified atom stereocenters. The summed E-state index contributed by atoms with van der Waals surface area (Å²) in [6.45, 7) is 2.15. The number of H-pyrrole nitrogens is 1. The van der Waals surface area contributed by atoms with Crippen molar-refractivity contribution >= 4 is 22.7 Å². The van der Waals surface area contributed by atoms with Crippen LogP contribution in [0.2, 0.25) is 0 Å². The third kappa shape index (κ3) is 3.49. The number of hydrogen-bond donors (Lipinski definition) is 1. The van der Waals surface area contributed by atoms with Gasteiger partial charge in [0.1, 0.15) is 0 Å². The van der Waals surface area contributed by atoms with Gasteiger partial charge in [0.2, 0.25) is 0 Å². The van der Waals surface area contributed by atoms with Crippen molar-refractivity contribution < 1.29 is 0 Å². The molecule has 0 saturated heterocycles. The Kier molecular flexibility index (Phi) is 4.62. The van der Waals surface area contributed by atoms with E-state index < -0.39 is 0 Å². The first-order chi connectivity index (χ1) is 12.3. The first-order valence-corrected chi connectivity index (χ1v) is 9.75. The minimum Gasteiger partial charge on any atom is -0.357 e. The standard InChI is InChI=1S/C23H21NS/c1-17-8-7-11-19(14-17)23-20-12-5-6-13-21(20)24-22(23)16-25-15-18-9-3-2-4-10-18/h2-14,24H,15-16H2,1H3. The zero-order valence-electron chi connectivity index (χ0n) is 14.3. The van der Waals surface area contributed by atoms with Gasteiger partial charge in [0.25, 0.3) is 0 Å². The fraction of sp³-hybridized carbons (Fsp3) is 0.130. The molecule has 0 aliphatic carbocycles. The largest absolute Gasteiger partial charge is 0.357 e. The number of para-hydroxylation sites is 1. The highest BCUT2D eigenvalue weighted by atomic mass is 32.2. The number of fused-ring (bicyclic) bond motifs is 1. The molecule has 0 saturated carbocycles. The summed E-state index contributed by atoms with van der Waals surface area (Å²) in [6, 6.07) is 28.1. The second-order valence-electron chi connectivity index (χ2n) is 6.37. The molecule has 1 aromatic heterocycles. The summed E-state index contributed by atoms with van der Waals surface area (Å²) in [5, 5.41) is 1.31. The molecule has 0 radical (unpaired) electrons. The highest BCUT2D eigenvalue weighted by Gasteiger charge is 2.13. The SMILES string of the molecule is Cc1cccc(-c2c(CSCc3ccccc3)[nH]c3ccccc23)c1. The normalized spacial score (nSPS) is 11.1. The van der Waals surface area contributed by atoms with E-state index in [-0.39, 0.29) is 0 Å². The van der Waals surface area contributed by atoms with Gasteiger partial charge in [-0.3, -0.25) is 0 Å². The number of aryl methyl sites for hydroxylation is 1. The molecule has 25 heavy (non-hydrogen) atoms. The molecular weight excluding hydrogens is 322 g/mol. The number of benzene rings is 3. The average molecular weight is 343 g/mol. The van der Waals surface area contributed by atoms with E-state index >= 15 is 0 Å². The molecule has 0 aliphatic rings. The van der Waals surface area contributed by atoms with Gasteiger partial charge in [0.15, 0.2) is 0 Å². The Balaban J connectivity index is 1.67. The van der Waals surface area contributed by atoms with E-state index in [0.29, 0.717) is 0 Å². The number of aromatic nitrogens is 1. The van der Waals surface area contributed by atoms with Gasteiger partial charge in [-0.25, -0.2) is 0 Å². The highest BCUT2D eigenvalue weighted by Crippen LogP contribution is 2.35. The Morgan fingerprint density at radius 3 is 2.44 bits per heavy atom. The topological polar surface area (TPSA) is 15.8 Å². The Morgan fingerprint density at radius 1 is 0.800 bits per heavy atom. The van der Waals surface area contributed by atoms with Crippen LogP contribution < -0.4 is 0 Å². The molecule has 1 nitrogen and oxygen atoms in total. The Labute approximate surface area is 153 Å². The van der Waals surface area contributed by atoms with Crippen molar-refractivity contribution in [2.45, 2.75) is 18.4 Å². The second-order valence-corrected chi connectivity index (χ2v) is 7.36. The quantitative estimate of drug-likeness (QED) is 0.433. The summed E-state index contributed by atoms with van der Waals surface area (Å²) in [7, 11) is 0. The van der Waals surface area contributed by atoms with E-state index in [1.807, 2.05) is 11.8 Å². The third-order valence-electron chi connectivity index (χ3n) is 4.45. The summed E-state index contributed by atoms with van der Waals surface area (Å²) >= 11 is 1.96. The van der Waals surface area contributed by atoms with E-state index in [1.54, 1.807) is 0 Å². The Morgan fingerprint density at radius 2 is 1.60 bits per heavy atom. The van der Waals surface area contributed by atoms with Crippen LogP contribution in [-0.2, 0) is 11.5 Å². The molecule has 1 N–H and O–H groups in total. The fourth-order valence-corrected chi connectivity index (χ4v) is 4.23. The number of rotatable bonds is 5. The molecule has 124 valence electrons. The minimum atomic E-state index is 0.979. The molecule has 4 rings (SSSR count). The first kappa shape index (κ1) is 16.0. The van der Waals surface area contributed by atoms with Gasteiger partial charge in [-0.05, 0) is 24.1 Å². The maximum atomic E-state index is 3.65. The molecule has 0 fully saturated rings. The van der Waals surface area contributed by atoms with Crippen LogP contribution in [0, 0.1) is 6.92 Å². The summed E-state index contributed by atoms with van der Waals surface area (Å²) in [4.78, 5) is 3.65. The van der Waals surface area contributed by atoms with Gasteiger partial charge in [0.05, 0.1) is 0 Å². The van der Waals surface area contributed by atoms with Gasteiger partial charge >= 0.3 is 0 Å². The second kappa shape index (κ2) is 7.20. The molecule has 3 aromatic carbocycles. The van der Waals surface area contributed by atoms with Crippen LogP contribution >= 0.6 is 11.8 Å². The average Bonchev–Trinajstić information content (AvgIpc) is 3.01. The highest BCUT2D eigenvalue weighted by molar-refractivity contribution is 7.97. The van der Waals surface area contributed by atoms with Crippen molar-refractivity contribution in [1.82, 2.24) is 4.98 Å². The zero-order chi connectivity index (χ0) is 17.1. The fourth-order valence-electron chi connectivity index (χ4n) is 3.28. The molecule has 1 heterocycles. The van der Waals surface area contributed by atoms with Gasteiger partial charge in [-0.15, -0.1) is 0 Å². The van der Waals surface area contributed by atoms with Crippen LogP contribution in [0.15, 0.2) is 78.9 Å².